The van der Waals surface area contributed by atoms with Crippen molar-refractivity contribution >= 4 is 19.4 Å². The Morgan fingerprint density at radius 1 is 1.18 bits per heavy atom. The molecule has 0 aliphatic carbocycles. The Labute approximate surface area is 82.7 Å². The van der Waals surface area contributed by atoms with E-state index < -0.39 is 0 Å². The first-order chi connectivity index (χ1) is 5.04. The van der Waals surface area contributed by atoms with Crippen LogP contribution in [0.2, 0.25) is 0 Å². The van der Waals surface area contributed by atoms with Gasteiger partial charge in [0, 0.05) is 0 Å². The summed E-state index contributed by atoms with van der Waals surface area (Å²) in [5, 5.41) is 1.56. The second-order valence-electron chi connectivity index (χ2n) is 3.02. The first-order valence-electron chi connectivity index (χ1n) is 3.74. The Balaban J connectivity index is 3.46. The standard InChI is InChI=1S/C9H13Si.Pt/c1-6-4-5-9(10)8(3)7(6)2;/h4H,1-3,10H3;. The van der Waals surface area contributed by atoms with Crippen LogP contribution in [0.15, 0.2) is 6.07 Å². The van der Waals surface area contributed by atoms with Crippen LogP contribution < -0.4 is 9.14 Å². The molecule has 1 aromatic carbocycles. The molecule has 0 aliphatic heterocycles. The summed E-state index contributed by atoms with van der Waals surface area (Å²) in [6, 6.07) is 2.28. The van der Waals surface area contributed by atoms with Gasteiger partial charge in [-0.25, -0.2) is 0 Å². The van der Waals surface area contributed by atoms with Crippen molar-refractivity contribution in [3.8, 4) is 0 Å². The van der Waals surface area contributed by atoms with E-state index in [1.54, 1.807) is 5.19 Å². The molecule has 0 nitrogen and oxygen atoms in total. The van der Waals surface area contributed by atoms with Gasteiger partial charge in [0.1, 0.15) is 0 Å². The third kappa shape index (κ3) is 1.65. The molecule has 0 bridgehead atoms. The summed E-state index contributed by atoms with van der Waals surface area (Å²) in [6.45, 7) is 6.63. The zero-order valence-electron chi connectivity index (χ0n) is 7.39. The molecule has 0 N–H and O–H groups in total. The zero-order chi connectivity index (χ0) is 8.59. The Morgan fingerprint density at radius 2 is 1.73 bits per heavy atom. The van der Waals surface area contributed by atoms with Crippen LogP contribution in [0, 0.1) is 20.8 Å². The molecule has 0 saturated carbocycles. The van der Waals surface area contributed by atoms with Crippen LogP contribution in [0.1, 0.15) is 16.7 Å². The molecule has 0 unspecified atom stereocenters. The monoisotopic (exact) mass is 344 g/mol. The van der Waals surface area contributed by atoms with Gasteiger partial charge in [-0.2, -0.15) is 0 Å². The predicted molar refractivity (Wildman–Crippen MR) is 49.9 cm³/mol. The average Bonchev–Trinajstić information content (AvgIpc) is 1.97. The average molecular weight is 344 g/mol. The van der Waals surface area contributed by atoms with Gasteiger partial charge in [0.25, 0.3) is 0 Å². The molecule has 0 fully saturated rings. The van der Waals surface area contributed by atoms with Crippen molar-refractivity contribution in [2.75, 3.05) is 0 Å². The van der Waals surface area contributed by atoms with Gasteiger partial charge < -0.3 is 0 Å². The third-order valence-corrected chi connectivity index (χ3v) is 5.90. The van der Waals surface area contributed by atoms with Crippen LogP contribution >= 0.6 is 0 Å². The van der Waals surface area contributed by atoms with Crippen LogP contribution in [0.5, 0.6) is 0 Å². The molecule has 0 heterocycles. The molecule has 0 aliphatic rings. The van der Waals surface area contributed by atoms with Crippen LogP contribution in [-0.4, -0.2) is 10.2 Å². The normalized spacial score (nSPS) is 10.6. The SMILES string of the molecule is Cc1c[c]([Pt])c([SiH3])c(C)c1C. The van der Waals surface area contributed by atoms with E-state index in [9.17, 15) is 0 Å². The van der Waals surface area contributed by atoms with Gasteiger partial charge in [-0.3, -0.25) is 0 Å². The second kappa shape index (κ2) is 3.24. The van der Waals surface area contributed by atoms with Crippen molar-refractivity contribution in [3.63, 3.8) is 0 Å². The summed E-state index contributed by atoms with van der Waals surface area (Å²) in [7, 11) is 1.17. The molecular weight excluding hydrogens is 331 g/mol. The fraction of sp³-hybridized carbons (Fsp3) is 0.333. The van der Waals surface area contributed by atoms with E-state index in [0.717, 1.165) is 0 Å². The Kier molecular flexibility index (Phi) is 2.72. The minimum atomic E-state index is 1.17. The van der Waals surface area contributed by atoms with Crippen molar-refractivity contribution in [2.24, 2.45) is 0 Å². The summed E-state index contributed by atoms with van der Waals surface area (Å²) in [5.74, 6) is 0. The van der Waals surface area contributed by atoms with E-state index >= 15 is 0 Å². The van der Waals surface area contributed by atoms with E-state index in [-0.39, 0.29) is 0 Å². The van der Waals surface area contributed by atoms with Crippen molar-refractivity contribution in [1.82, 2.24) is 0 Å². The quantitative estimate of drug-likeness (QED) is 0.571. The molecule has 1 rings (SSSR count). The summed E-state index contributed by atoms with van der Waals surface area (Å²) < 4.78 is 1.44. The van der Waals surface area contributed by atoms with Crippen LogP contribution in [0.25, 0.3) is 0 Å². The summed E-state index contributed by atoms with van der Waals surface area (Å²) in [5.41, 5.74) is 4.39. The van der Waals surface area contributed by atoms with Crippen molar-refractivity contribution in [3.05, 3.63) is 22.8 Å². The molecule has 0 saturated heterocycles. The van der Waals surface area contributed by atoms with Crippen LogP contribution in [0.3, 0.4) is 0 Å². The van der Waals surface area contributed by atoms with E-state index in [0.29, 0.717) is 0 Å². The van der Waals surface area contributed by atoms with Gasteiger partial charge >= 0.3 is 82.7 Å². The zero-order valence-corrected chi connectivity index (χ0v) is 11.7. The summed E-state index contributed by atoms with van der Waals surface area (Å²) >= 11 is 2.41. The number of hydrogen-bond donors (Lipinski definition) is 0. The van der Waals surface area contributed by atoms with Gasteiger partial charge in [0.2, 0.25) is 0 Å². The van der Waals surface area contributed by atoms with Gasteiger partial charge in [0.15, 0.2) is 0 Å². The fourth-order valence-electron chi connectivity index (χ4n) is 1.14. The van der Waals surface area contributed by atoms with Gasteiger partial charge in [-0.05, 0) is 0 Å². The molecule has 2 heteroatoms. The first kappa shape index (κ1) is 9.22. The van der Waals surface area contributed by atoms with E-state index in [1.807, 2.05) is 0 Å². The summed E-state index contributed by atoms with van der Waals surface area (Å²) in [4.78, 5) is 0. The molecular formula is C9H13PtSi. The molecule has 0 amide bonds. The molecule has 1 aromatic rings. The Hall–Kier alpha value is 0.125. The Morgan fingerprint density at radius 3 is 2.27 bits per heavy atom. The molecule has 0 radical (unpaired) electrons. The van der Waals surface area contributed by atoms with E-state index in [2.05, 4.69) is 46.7 Å². The van der Waals surface area contributed by atoms with Gasteiger partial charge in [-0.1, -0.05) is 0 Å². The maximum absolute atomic E-state index is 2.41. The van der Waals surface area contributed by atoms with Crippen LogP contribution in [0.4, 0.5) is 0 Å². The van der Waals surface area contributed by atoms with E-state index in [1.165, 1.54) is 30.9 Å². The fourth-order valence-corrected chi connectivity index (χ4v) is 2.58. The third-order valence-electron chi connectivity index (χ3n) is 2.39. The molecule has 0 aromatic heterocycles. The molecule has 0 atom stereocenters. The van der Waals surface area contributed by atoms with Gasteiger partial charge in [-0.15, -0.1) is 0 Å². The van der Waals surface area contributed by atoms with Gasteiger partial charge in [0.05, 0.1) is 0 Å². The Bertz CT molecular complexity index is 266. The first-order valence-corrected chi connectivity index (χ1v) is 5.87. The molecule has 63 valence electrons. The topological polar surface area (TPSA) is 0 Å². The van der Waals surface area contributed by atoms with Crippen molar-refractivity contribution in [1.29, 1.82) is 0 Å². The number of rotatable bonds is 0. The number of hydrogen-bond acceptors (Lipinski definition) is 0. The predicted octanol–water partition coefficient (Wildman–Crippen LogP) is -0.225. The maximum atomic E-state index is 2.41. The van der Waals surface area contributed by atoms with Crippen molar-refractivity contribution in [2.45, 2.75) is 20.8 Å². The minimum absolute atomic E-state index is 1.17. The second-order valence-corrected chi connectivity index (χ2v) is 5.24. The molecule has 11 heavy (non-hydrogen) atoms. The number of aryl methyl sites for hydroxylation is 1. The van der Waals surface area contributed by atoms with Crippen molar-refractivity contribution < 1.29 is 19.8 Å². The summed E-state index contributed by atoms with van der Waals surface area (Å²) in [6.07, 6.45) is 0. The van der Waals surface area contributed by atoms with Crippen LogP contribution in [-0.2, 0) is 19.8 Å². The van der Waals surface area contributed by atoms with E-state index in [4.69, 9.17) is 0 Å². The molecule has 0 spiro atoms. The number of benzene rings is 1.